The lowest BCUT2D eigenvalue weighted by atomic mass is 10.2. The molecule has 9 heteroatoms. The van der Waals surface area contributed by atoms with Crippen LogP contribution in [0.2, 0.25) is 0 Å². The van der Waals surface area contributed by atoms with Crippen LogP contribution in [0.15, 0.2) is 6.07 Å². The number of hydrogen-bond acceptors (Lipinski definition) is 4. The van der Waals surface area contributed by atoms with Crippen molar-refractivity contribution in [1.29, 1.82) is 0 Å². The molecule has 0 atom stereocenters. The number of aromatic nitrogens is 1. The Bertz CT molecular complexity index is 479. The molecule has 1 aromatic rings. The van der Waals surface area contributed by atoms with Crippen LogP contribution >= 0.6 is 22.6 Å². The zero-order valence-electron chi connectivity index (χ0n) is 9.55. The fraction of sp³-hybridized carbons (Fsp3) is 0.400. The molecule has 1 aromatic heterocycles. The summed E-state index contributed by atoms with van der Waals surface area (Å²) in [4.78, 5) is 14.9. The van der Waals surface area contributed by atoms with Crippen molar-refractivity contribution in [2.45, 2.75) is 20.0 Å². The fourth-order valence-electron chi connectivity index (χ4n) is 1.16. The number of esters is 1. The maximum atomic E-state index is 12.7. The third kappa shape index (κ3) is 4.48. The molecule has 0 fully saturated rings. The van der Waals surface area contributed by atoms with Crippen LogP contribution in [-0.2, 0) is 11.4 Å². The quantitative estimate of drug-likeness (QED) is 0.448. The maximum Gasteiger partial charge on any atom is 0.574 e. The predicted molar refractivity (Wildman–Crippen MR) is 64.4 cm³/mol. The highest BCUT2D eigenvalue weighted by molar-refractivity contribution is 14.1. The van der Waals surface area contributed by atoms with E-state index in [1.807, 2.05) is 0 Å². The summed E-state index contributed by atoms with van der Waals surface area (Å²) in [6.45, 7) is 0.490. The van der Waals surface area contributed by atoms with E-state index in [0.29, 0.717) is 0 Å². The summed E-state index contributed by atoms with van der Waals surface area (Å²) >= 11 is 1.61. The summed E-state index contributed by atoms with van der Waals surface area (Å²) in [5.74, 6) is -1.84. The minimum atomic E-state index is -4.97. The second-order valence-corrected chi connectivity index (χ2v) is 4.26. The van der Waals surface area contributed by atoms with Gasteiger partial charge in [-0.2, -0.15) is 0 Å². The number of carbonyl (C=O) groups excluding carboxylic acids is 1. The van der Waals surface area contributed by atoms with Gasteiger partial charge in [-0.1, -0.05) is 0 Å². The van der Waals surface area contributed by atoms with Crippen molar-refractivity contribution in [2.24, 2.45) is 0 Å². The van der Waals surface area contributed by atoms with Gasteiger partial charge in [0.2, 0.25) is 5.88 Å². The van der Waals surface area contributed by atoms with Crippen LogP contribution in [0.5, 0.6) is 5.88 Å². The molecule has 1 rings (SSSR count). The molecule has 0 aliphatic carbocycles. The number of nitrogens with zero attached hydrogens (tertiary/aromatic N) is 1. The largest absolute Gasteiger partial charge is 0.574 e. The van der Waals surface area contributed by atoms with E-state index >= 15 is 0 Å². The number of rotatable bonds is 4. The molecule has 0 N–H and O–H groups in total. The highest BCUT2D eigenvalue weighted by Gasteiger charge is 2.33. The monoisotopic (exact) mass is 393 g/mol. The fourth-order valence-corrected chi connectivity index (χ4v) is 1.80. The van der Waals surface area contributed by atoms with Crippen LogP contribution < -0.4 is 4.74 Å². The molecule has 4 nitrogen and oxygen atoms in total. The molecule has 0 bridgehead atoms. The third-order valence-corrected chi connectivity index (χ3v) is 3.05. The van der Waals surface area contributed by atoms with Gasteiger partial charge in [0.05, 0.1) is 10.2 Å². The van der Waals surface area contributed by atoms with Gasteiger partial charge in [0, 0.05) is 11.6 Å². The van der Waals surface area contributed by atoms with Gasteiger partial charge in [-0.25, -0.2) is 14.2 Å². The van der Waals surface area contributed by atoms with Crippen LogP contribution in [0.3, 0.4) is 0 Å². The van der Waals surface area contributed by atoms with Crippen molar-refractivity contribution in [3.63, 3.8) is 0 Å². The standard InChI is InChI=1S/C10H8F4INO3/c1-2-18-9(17)8-7(15)5(4-11)3-6(16-8)19-10(12,13)14/h3H,2,4H2,1H3. The molecule has 0 radical (unpaired) electrons. The topological polar surface area (TPSA) is 48.4 Å². The molecule has 0 saturated carbocycles. The maximum absolute atomic E-state index is 12.7. The number of pyridine rings is 1. The highest BCUT2D eigenvalue weighted by atomic mass is 127. The smallest absolute Gasteiger partial charge is 0.461 e. The average Bonchev–Trinajstić information content (AvgIpc) is 2.29. The Balaban J connectivity index is 3.22. The van der Waals surface area contributed by atoms with Crippen molar-refractivity contribution >= 4 is 28.6 Å². The zero-order chi connectivity index (χ0) is 14.6. The molecule has 1 heterocycles. The number of alkyl halides is 4. The van der Waals surface area contributed by atoms with Crippen molar-refractivity contribution in [1.82, 2.24) is 4.98 Å². The molecule has 0 aliphatic heterocycles. The lowest BCUT2D eigenvalue weighted by Gasteiger charge is -2.12. The summed E-state index contributed by atoms with van der Waals surface area (Å²) in [5, 5.41) is 0. The van der Waals surface area contributed by atoms with Gasteiger partial charge in [0.15, 0.2) is 5.69 Å². The van der Waals surface area contributed by atoms with Crippen LogP contribution in [-0.4, -0.2) is 23.9 Å². The van der Waals surface area contributed by atoms with E-state index in [0.717, 1.165) is 6.07 Å². The minimum absolute atomic E-state index is 0.0197. The Morgan fingerprint density at radius 3 is 2.58 bits per heavy atom. The lowest BCUT2D eigenvalue weighted by Crippen LogP contribution is -2.20. The Labute approximate surface area is 119 Å². The first-order valence-corrected chi connectivity index (χ1v) is 6.04. The van der Waals surface area contributed by atoms with Crippen molar-refractivity contribution < 1.29 is 31.8 Å². The van der Waals surface area contributed by atoms with Crippen molar-refractivity contribution in [3.05, 3.63) is 20.9 Å². The summed E-state index contributed by atoms with van der Waals surface area (Å²) in [6, 6.07) is 0.790. The molecule has 19 heavy (non-hydrogen) atoms. The Morgan fingerprint density at radius 1 is 1.47 bits per heavy atom. The van der Waals surface area contributed by atoms with Gasteiger partial charge in [-0.15, -0.1) is 13.2 Å². The van der Waals surface area contributed by atoms with Gasteiger partial charge in [0.1, 0.15) is 6.67 Å². The number of carbonyl (C=O) groups is 1. The van der Waals surface area contributed by atoms with E-state index < -0.39 is 30.6 Å². The number of halogens is 5. The van der Waals surface area contributed by atoms with Crippen LogP contribution in [0.25, 0.3) is 0 Å². The third-order valence-electron chi connectivity index (χ3n) is 1.84. The lowest BCUT2D eigenvalue weighted by molar-refractivity contribution is -0.276. The van der Waals surface area contributed by atoms with Gasteiger partial charge >= 0.3 is 12.3 Å². The molecular weight excluding hydrogens is 385 g/mol. The number of ether oxygens (including phenoxy) is 2. The van der Waals surface area contributed by atoms with E-state index in [1.165, 1.54) is 6.92 Å². The molecular formula is C10H8F4INO3. The Kier molecular flexibility index (Phi) is 5.32. The van der Waals surface area contributed by atoms with E-state index in [9.17, 15) is 22.4 Å². The van der Waals surface area contributed by atoms with Gasteiger partial charge < -0.3 is 9.47 Å². The molecule has 106 valence electrons. The van der Waals surface area contributed by atoms with Gasteiger partial charge in [0.25, 0.3) is 0 Å². The predicted octanol–water partition coefficient (Wildman–Crippen LogP) is 3.23. The minimum Gasteiger partial charge on any atom is -0.461 e. The SMILES string of the molecule is CCOC(=O)c1nc(OC(F)(F)F)cc(CF)c1I. The van der Waals surface area contributed by atoms with E-state index in [2.05, 4.69) is 14.5 Å². The molecule has 0 saturated heterocycles. The second kappa shape index (κ2) is 6.35. The van der Waals surface area contributed by atoms with Crippen molar-refractivity contribution in [2.75, 3.05) is 6.61 Å². The first-order chi connectivity index (χ1) is 8.78. The first-order valence-electron chi connectivity index (χ1n) is 4.96. The summed E-state index contributed by atoms with van der Waals surface area (Å²) in [6.07, 6.45) is -4.97. The molecule has 0 aliphatic rings. The Morgan fingerprint density at radius 2 is 2.11 bits per heavy atom. The molecule has 0 unspecified atom stereocenters. The summed E-state index contributed by atoms with van der Waals surface area (Å²) in [5.41, 5.74) is -0.533. The van der Waals surface area contributed by atoms with E-state index in [1.54, 1.807) is 22.6 Å². The summed E-state index contributed by atoms with van der Waals surface area (Å²) < 4.78 is 57.3. The average molecular weight is 393 g/mol. The van der Waals surface area contributed by atoms with Crippen LogP contribution in [0.4, 0.5) is 17.6 Å². The van der Waals surface area contributed by atoms with Crippen LogP contribution in [0.1, 0.15) is 23.0 Å². The van der Waals surface area contributed by atoms with E-state index in [4.69, 9.17) is 0 Å². The zero-order valence-corrected chi connectivity index (χ0v) is 11.7. The normalized spacial score (nSPS) is 11.3. The molecule has 0 spiro atoms. The van der Waals surface area contributed by atoms with Crippen LogP contribution in [0, 0.1) is 3.57 Å². The van der Waals surface area contributed by atoms with Gasteiger partial charge in [-0.05, 0) is 29.5 Å². The molecule has 0 aromatic carbocycles. The molecule has 0 amide bonds. The number of hydrogen-bond donors (Lipinski definition) is 0. The highest BCUT2D eigenvalue weighted by Crippen LogP contribution is 2.26. The Hall–Kier alpha value is -1.13. The van der Waals surface area contributed by atoms with E-state index in [-0.39, 0.29) is 15.7 Å². The summed E-state index contributed by atoms with van der Waals surface area (Å²) in [7, 11) is 0. The first kappa shape index (κ1) is 15.9. The second-order valence-electron chi connectivity index (χ2n) is 3.18. The van der Waals surface area contributed by atoms with Gasteiger partial charge in [-0.3, -0.25) is 0 Å². The van der Waals surface area contributed by atoms with Crippen molar-refractivity contribution in [3.8, 4) is 5.88 Å².